The Hall–Kier alpha value is -1.63. The van der Waals surface area contributed by atoms with Crippen molar-refractivity contribution in [3.8, 4) is 0 Å². The number of allylic oxidation sites excluding steroid dienone is 10. The van der Waals surface area contributed by atoms with Crippen molar-refractivity contribution in [2.45, 2.75) is 73.1 Å². The van der Waals surface area contributed by atoms with Gasteiger partial charge < -0.3 is 0 Å². The maximum Gasteiger partial charge on any atom is 0.146 e. The summed E-state index contributed by atoms with van der Waals surface area (Å²) in [4.78, 5) is 11.1. The lowest BCUT2D eigenvalue weighted by molar-refractivity contribution is -0.105. The van der Waals surface area contributed by atoms with Gasteiger partial charge in [0.2, 0.25) is 0 Å². The molecule has 2 rings (SSSR count). The van der Waals surface area contributed by atoms with Crippen LogP contribution in [0.4, 0.5) is 0 Å². The van der Waals surface area contributed by atoms with E-state index < -0.39 is 0 Å². The zero-order chi connectivity index (χ0) is 17.7. The fourth-order valence-corrected chi connectivity index (χ4v) is 3.92. The summed E-state index contributed by atoms with van der Waals surface area (Å²) in [6, 6.07) is 0. The van der Waals surface area contributed by atoms with Crippen LogP contribution in [0, 0.1) is 5.41 Å². The summed E-state index contributed by atoms with van der Waals surface area (Å²) in [6.07, 6.45) is 16.9. The molecule has 1 nitrogen and oxygen atoms in total. The Bertz CT molecular complexity index is 648. The lowest BCUT2D eigenvalue weighted by Gasteiger charge is -2.32. The van der Waals surface area contributed by atoms with E-state index in [0.29, 0.717) is 5.41 Å². The second-order valence-electron chi connectivity index (χ2n) is 7.99. The summed E-state index contributed by atoms with van der Waals surface area (Å²) in [6.45, 7) is 11.2. The molecule has 0 radical (unpaired) electrons. The van der Waals surface area contributed by atoms with Gasteiger partial charge in [0.15, 0.2) is 0 Å². The number of carbonyl (C=O) groups excluding carboxylic acids is 1. The lowest BCUT2D eigenvalue weighted by atomic mass is 9.72. The van der Waals surface area contributed by atoms with Gasteiger partial charge in [-0.1, -0.05) is 49.3 Å². The lowest BCUT2D eigenvalue weighted by Crippen LogP contribution is -2.19. The highest BCUT2D eigenvalue weighted by atomic mass is 16.1. The summed E-state index contributed by atoms with van der Waals surface area (Å²) in [7, 11) is 0. The van der Waals surface area contributed by atoms with E-state index in [1.54, 1.807) is 0 Å². The van der Waals surface area contributed by atoms with E-state index in [9.17, 15) is 4.79 Å². The van der Waals surface area contributed by atoms with Crippen LogP contribution >= 0.6 is 0 Å². The summed E-state index contributed by atoms with van der Waals surface area (Å²) >= 11 is 0. The number of aldehydes is 1. The molecule has 0 spiro atoms. The standard InChI is InChI=1S/C23H32O/c1-17(11-13-20-9-6-10-21(16-24)19(20)3)12-14-22-18(2)8-7-15-23(22,4)5/h11-14,16H,6-10,15H2,1-5H3/b14-12+,17-11+,20-13+. The molecule has 0 aromatic heterocycles. The van der Waals surface area contributed by atoms with E-state index in [4.69, 9.17) is 0 Å². The highest BCUT2D eigenvalue weighted by Gasteiger charge is 2.26. The molecule has 0 aromatic rings. The second-order valence-corrected chi connectivity index (χ2v) is 7.99. The zero-order valence-corrected chi connectivity index (χ0v) is 16.0. The topological polar surface area (TPSA) is 17.1 Å². The van der Waals surface area contributed by atoms with Crippen LogP contribution in [-0.2, 0) is 4.79 Å². The van der Waals surface area contributed by atoms with E-state index in [1.165, 1.54) is 47.1 Å². The van der Waals surface area contributed by atoms with Gasteiger partial charge in [-0.15, -0.1) is 0 Å². The molecule has 0 heterocycles. The van der Waals surface area contributed by atoms with Gasteiger partial charge in [-0.25, -0.2) is 0 Å². The first-order valence-corrected chi connectivity index (χ1v) is 9.26. The fraction of sp³-hybridized carbons (Fsp3) is 0.522. The smallest absolute Gasteiger partial charge is 0.146 e. The van der Waals surface area contributed by atoms with Crippen LogP contribution in [-0.4, -0.2) is 6.29 Å². The number of rotatable bonds is 4. The quantitative estimate of drug-likeness (QED) is 0.418. The summed E-state index contributed by atoms with van der Waals surface area (Å²) < 4.78 is 0. The Morgan fingerprint density at radius 2 is 1.83 bits per heavy atom. The van der Waals surface area contributed by atoms with Crippen LogP contribution in [0.3, 0.4) is 0 Å². The van der Waals surface area contributed by atoms with Gasteiger partial charge in [-0.2, -0.15) is 0 Å². The van der Waals surface area contributed by atoms with Crippen molar-refractivity contribution >= 4 is 6.29 Å². The monoisotopic (exact) mass is 324 g/mol. The molecule has 0 amide bonds. The minimum Gasteiger partial charge on any atom is -0.298 e. The predicted molar refractivity (Wildman–Crippen MR) is 104 cm³/mol. The predicted octanol–water partition coefficient (Wildman–Crippen LogP) is 6.64. The Balaban J connectivity index is 2.17. The average molecular weight is 325 g/mol. The Kier molecular flexibility index (Phi) is 6.21. The van der Waals surface area contributed by atoms with E-state index in [-0.39, 0.29) is 0 Å². The first kappa shape index (κ1) is 18.7. The SMILES string of the molecule is CC1=C(/C=C/C(C)=C/C=C2\CCCC(C=O)=C2C)C(C)(C)CCC1. The maximum absolute atomic E-state index is 11.1. The Morgan fingerprint density at radius 3 is 2.50 bits per heavy atom. The van der Waals surface area contributed by atoms with Crippen molar-refractivity contribution in [3.05, 3.63) is 57.7 Å². The second kappa shape index (κ2) is 7.96. The molecule has 0 saturated carbocycles. The zero-order valence-electron chi connectivity index (χ0n) is 16.0. The van der Waals surface area contributed by atoms with Crippen molar-refractivity contribution in [2.75, 3.05) is 0 Å². The molecule has 0 fully saturated rings. The first-order valence-electron chi connectivity index (χ1n) is 9.26. The largest absolute Gasteiger partial charge is 0.298 e. The van der Waals surface area contributed by atoms with Gasteiger partial charge in [0.05, 0.1) is 0 Å². The third-order valence-corrected chi connectivity index (χ3v) is 5.60. The molecule has 0 bridgehead atoms. The van der Waals surface area contributed by atoms with Gasteiger partial charge in [0, 0.05) is 0 Å². The number of hydrogen-bond acceptors (Lipinski definition) is 1. The van der Waals surface area contributed by atoms with Crippen molar-refractivity contribution in [3.63, 3.8) is 0 Å². The third-order valence-electron chi connectivity index (χ3n) is 5.60. The van der Waals surface area contributed by atoms with Crippen molar-refractivity contribution in [1.82, 2.24) is 0 Å². The maximum atomic E-state index is 11.1. The summed E-state index contributed by atoms with van der Waals surface area (Å²) in [5.41, 5.74) is 8.05. The molecule has 2 aliphatic carbocycles. The minimum atomic E-state index is 0.291. The molecule has 130 valence electrons. The molecule has 0 aromatic carbocycles. The third kappa shape index (κ3) is 4.47. The molecule has 0 N–H and O–H groups in total. The number of carbonyl (C=O) groups is 1. The average Bonchev–Trinajstić information content (AvgIpc) is 2.52. The van der Waals surface area contributed by atoms with Crippen LogP contribution in [0.1, 0.15) is 73.1 Å². The molecule has 2 aliphatic rings. The van der Waals surface area contributed by atoms with E-state index >= 15 is 0 Å². The van der Waals surface area contributed by atoms with Crippen LogP contribution in [0.2, 0.25) is 0 Å². The van der Waals surface area contributed by atoms with E-state index in [1.807, 2.05) is 0 Å². The van der Waals surface area contributed by atoms with Crippen LogP contribution < -0.4 is 0 Å². The van der Waals surface area contributed by atoms with Gasteiger partial charge in [0.25, 0.3) is 0 Å². The van der Waals surface area contributed by atoms with Gasteiger partial charge in [-0.05, 0) is 87.0 Å². The molecule has 0 aliphatic heterocycles. The number of hydrogen-bond donors (Lipinski definition) is 0. The normalized spacial score (nSPS) is 24.2. The summed E-state index contributed by atoms with van der Waals surface area (Å²) in [5, 5.41) is 0. The van der Waals surface area contributed by atoms with Crippen LogP contribution in [0.15, 0.2) is 57.7 Å². The van der Waals surface area contributed by atoms with Crippen LogP contribution in [0.5, 0.6) is 0 Å². The van der Waals surface area contributed by atoms with Crippen molar-refractivity contribution in [1.29, 1.82) is 0 Å². The van der Waals surface area contributed by atoms with Gasteiger partial charge >= 0.3 is 0 Å². The Morgan fingerprint density at radius 1 is 1.08 bits per heavy atom. The van der Waals surface area contributed by atoms with Crippen LogP contribution in [0.25, 0.3) is 0 Å². The first-order chi connectivity index (χ1) is 11.3. The van der Waals surface area contributed by atoms with Gasteiger partial charge in [0.1, 0.15) is 6.29 Å². The fourth-order valence-electron chi connectivity index (χ4n) is 3.92. The van der Waals surface area contributed by atoms with Crippen molar-refractivity contribution < 1.29 is 4.79 Å². The Labute approximate surface area is 147 Å². The summed E-state index contributed by atoms with van der Waals surface area (Å²) in [5.74, 6) is 0. The van der Waals surface area contributed by atoms with E-state index in [0.717, 1.165) is 31.1 Å². The molecular formula is C23H32O. The molecule has 0 saturated heterocycles. The molecule has 0 atom stereocenters. The highest BCUT2D eigenvalue weighted by Crippen LogP contribution is 2.40. The highest BCUT2D eigenvalue weighted by molar-refractivity contribution is 5.76. The molecule has 24 heavy (non-hydrogen) atoms. The van der Waals surface area contributed by atoms with Crippen molar-refractivity contribution in [2.24, 2.45) is 5.41 Å². The molecule has 0 unspecified atom stereocenters. The van der Waals surface area contributed by atoms with E-state index in [2.05, 4.69) is 58.9 Å². The minimum absolute atomic E-state index is 0.291. The van der Waals surface area contributed by atoms with Gasteiger partial charge in [-0.3, -0.25) is 4.79 Å². The molecule has 1 heteroatoms. The molecular weight excluding hydrogens is 292 g/mol.